The van der Waals surface area contributed by atoms with Gasteiger partial charge in [0.15, 0.2) is 0 Å². The fourth-order valence-electron chi connectivity index (χ4n) is 2.38. The van der Waals surface area contributed by atoms with Crippen molar-refractivity contribution >= 4 is 17.5 Å². The number of fused-ring (bicyclic) bond motifs is 1. The lowest BCUT2D eigenvalue weighted by molar-refractivity contribution is -0.385. The molecule has 2 heterocycles. The van der Waals surface area contributed by atoms with Crippen molar-refractivity contribution in [1.82, 2.24) is 9.88 Å². The molecule has 0 saturated heterocycles. The van der Waals surface area contributed by atoms with Crippen molar-refractivity contribution in [3.63, 3.8) is 0 Å². The largest absolute Gasteiger partial charge is 0.288 e. The number of pyridine rings is 1. The fraction of sp³-hybridized carbons (Fsp3) is 0.417. The zero-order valence-corrected chi connectivity index (χ0v) is 10.2. The van der Waals surface area contributed by atoms with Gasteiger partial charge < -0.3 is 0 Å². The molecule has 1 saturated carbocycles. The number of nitrogens with zero attached hydrogens (tertiary/aromatic N) is 3. The van der Waals surface area contributed by atoms with E-state index in [-0.39, 0.29) is 23.0 Å². The predicted octanol–water partition coefficient (Wildman–Crippen LogP) is 1.38. The van der Waals surface area contributed by atoms with Gasteiger partial charge in [-0.15, -0.1) is 0 Å². The quantitative estimate of drug-likeness (QED) is 0.465. The second-order valence-electron chi connectivity index (χ2n) is 4.91. The number of hydrogen-bond donors (Lipinski definition) is 0. The molecule has 1 aliphatic heterocycles. The lowest BCUT2D eigenvalue weighted by atomic mass is 10.2. The highest BCUT2D eigenvalue weighted by atomic mass is 16.6. The molecule has 1 aliphatic carbocycles. The van der Waals surface area contributed by atoms with E-state index in [0.29, 0.717) is 5.92 Å². The van der Waals surface area contributed by atoms with E-state index in [4.69, 9.17) is 0 Å². The van der Waals surface area contributed by atoms with Gasteiger partial charge in [0, 0.05) is 12.1 Å². The molecule has 2 aliphatic rings. The summed E-state index contributed by atoms with van der Waals surface area (Å²) in [4.78, 5) is 39.3. The van der Waals surface area contributed by atoms with Crippen molar-refractivity contribution in [2.45, 2.75) is 25.8 Å². The van der Waals surface area contributed by atoms with Crippen molar-refractivity contribution in [3.05, 3.63) is 33.6 Å². The third-order valence-electron chi connectivity index (χ3n) is 3.67. The van der Waals surface area contributed by atoms with Gasteiger partial charge in [0.25, 0.3) is 17.5 Å². The summed E-state index contributed by atoms with van der Waals surface area (Å²) < 4.78 is 0. The van der Waals surface area contributed by atoms with Crippen LogP contribution >= 0.6 is 0 Å². The van der Waals surface area contributed by atoms with Gasteiger partial charge in [-0.2, -0.15) is 0 Å². The third-order valence-corrected chi connectivity index (χ3v) is 3.67. The molecule has 1 aromatic heterocycles. The van der Waals surface area contributed by atoms with Crippen LogP contribution in [0.25, 0.3) is 0 Å². The summed E-state index contributed by atoms with van der Waals surface area (Å²) >= 11 is 0. The molecule has 1 unspecified atom stereocenters. The standard InChI is InChI=1S/C12H11N3O4/c1-6(7-2-3-7)14-11(16)9-4-8(15(18)19)5-13-10(9)12(14)17/h4-7H,2-3H2,1H3. The molecule has 0 N–H and O–H groups in total. The van der Waals surface area contributed by atoms with Crippen LogP contribution in [0.15, 0.2) is 12.3 Å². The van der Waals surface area contributed by atoms with E-state index >= 15 is 0 Å². The molecule has 1 aromatic rings. The summed E-state index contributed by atoms with van der Waals surface area (Å²) in [6, 6.07) is 0.954. The van der Waals surface area contributed by atoms with Gasteiger partial charge in [-0.25, -0.2) is 4.98 Å². The van der Waals surface area contributed by atoms with E-state index in [1.807, 2.05) is 6.92 Å². The maximum atomic E-state index is 12.2. The number of nitro groups is 1. The minimum absolute atomic E-state index is 0.0168. The van der Waals surface area contributed by atoms with Crippen LogP contribution in [-0.4, -0.2) is 32.7 Å². The van der Waals surface area contributed by atoms with Crippen LogP contribution in [0.1, 0.15) is 40.6 Å². The van der Waals surface area contributed by atoms with E-state index in [0.717, 1.165) is 25.1 Å². The molecule has 98 valence electrons. The summed E-state index contributed by atoms with van der Waals surface area (Å²) in [5.41, 5.74) is -0.226. The Morgan fingerprint density at radius 1 is 1.42 bits per heavy atom. The normalized spacial score (nSPS) is 19.5. The molecule has 3 rings (SSSR count). The van der Waals surface area contributed by atoms with Gasteiger partial charge in [0.05, 0.1) is 10.5 Å². The number of rotatable bonds is 3. The molecular weight excluding hydrogens is 250 g/mol. The van der Waals surface area contributed by atoms with Gasteiger partial charge >= 0.3 is 0 Å². The molecule has 7 heteroatoms. The summed E-state index contributed by atoms with van der Waals surface area (Å²) in [7, 11) is 0. The molecule has 0 bridgehead atoms. The molecule has 7 nitrogen and oxygen atoms in total. The lowest BCUT2D eigenvalue weighted by Gasteiger charge is -2.21. The highest BCUT2D eigenvalue weighted by Crippen LogP contribution is 2.38. The van der Waals surface area contributed by atoms with Gasteiger partial charge in [0.1, 0.15) is 11.9 Å². The molecular formula is C12H11N3O4. The molecule has 2 amide bonds. The van der Waals surface area contributed by atoms with Crippen molar-refractivity contribution < 1.29 is 14.5 Å². The van der Waals surface area contributed by atoms with Gasteiger partial charge in [-0.3, -0.25) is 24.6 Å². The number of hydrogen-bond acceptors (Lipinski definition) is 5. The average molecular weight is 261 g/mol. The number of aromatic nitrogens is 1. The maximum Gasteiger partial charge on any atom is 0.288 e. The van der Waals surface area contributed by atoms with Crippen LogP contribution in [0.3, 0.4) is 0 Å². The smallest absolute Gasteiger partial charge is 0.270 e. The van der Waals surface area contributed by atoms with Crippen LogP contribution in [0.4, 0.5) is 5.69 Å². The first-order valence-corrected chi connectivity index (χ1v) is 6.03. The monoisotopic (exact) mass is 261 g/mol. The minimum atomic E-state index is -0.627. The maximum absolute atomic E-state index is 12.2. The van der Waals surface area contributed by atoms with Crippen molar-refractivity contribution in [1.29, 1.82) is 0 Å². The third kappa shape index (κ3) is 1.69. The van der Waals surface area contributed by atoms with Crippen molar-refractivity contribution in [2.24, 2.45) is 5.92 Å². The number of imide groups is 1. The summed E-state index contributed by atoms with van der Waals surface area (Å²) in [5.74, 6) is -0.581. The first kappa shape index (κ1) is 11.8. The Morgan fingerprint density at radius 3 is 2.68 bits per heavy atom. The fourth-order valence-corrected chi connectivity index (χ4v) is 2.38. The number of amides is 2. The minimum Gasteiger partial charge on any atom is -0.270 e. The zero-order valence-electron chi connectivity index (χ0n) is 10.2. The second-order valence-corrected chi connectivity index (χ2v) is 4.91. The van der Waals surface area contributed by atoms with Crippen LogP contribution in [0.5, 0.6) is 0 Å². The highest BCUT2D eigenvalue weighted by Gasteiger charge is 2.45. The summed E-state index contributed by atoms with van der Waals surface area (Å²) in [5, 5.41) is 10.7. The zero-order chi connectivity index (χ0) is 13.7. The summed E-state index contributed by atoms with van der Waals surface area (Å²) in [6.07, 6.45) is 3.01. The Hall–Kier alpha value is -2.31. The number of carbonyl (C=O) groups is 2. The van der Waals surface area contributed by atoms with E-state index in [1.54, 1.807) is 0 Å². The van der Waals surface area contributed by atoms with E-state index in [9.17, 15) is 19.7 Å². The first-order chi connectivity index (χ1) is 9.00. The van der Waals surface area contributed by atoms with Gasteiger partial charge in [-0.1, -0.05) is 0 Å². The molecule has 0 radical (unpaired) electrons. The van der Waals surface area contributed by atoms with Gasteiger partial charge in [-0.05, 0) is 25.7 Å². The topological polar surface area (TPSA) is 93.4 Å². The highest BCUT2D eigenvalue weighted by molar-refractivity contribution is 6.20. The first-order valence-electron chi connectivity index (χ1n) is 6.03. The van der Waals surface area contributed by atoms with Gasteiger partial charge in [0.2, 0.25) is 0 Å². The molecule has 19 heavy (non-hydrogen) atoms. The van der Waals surface area contributed by atoms with E-state index in [1.165, 1.54) is 4.90 Å². The molecule has 0 spiro atoms. The van der Waals surface area contributed by atoms with Crippen LogP contribution in [-0.2, 0) is 0 Å². The molecule has 0 aromatic carbocycles. The Bertz CT molecular complexity index is 609. The van der Waals surface area contributed by atoms with Crippen molar-refractivity contribution in [2.75, 3.05) is 0 Å². The van der Waals surface area contributed by atoms with Crippen LogP contribution in [0.2, 0.25) is 0 Å². The predicted molar refractivity (Wildman–Crippen MR) is 63.6 cm³/mol. The van der Waals surface area contributed by atoms with E-state index < -0.39 is 16.7 Å². The molecule has 1 fully saturated rings. The lowest BCUT2D eigenvalue weighted by Crippen LogP contribution is -2.39. The Labute approximate surface area is 108 Å². The van der Waals surface area contributed by atoms with Crippen molar-refractivity contribution in [3.8, 4) is 0 Å². The summed E-state index contributed by atoms with van der Waals surface area (Å²) in [6.45, 7) is 1.83. The average Bonchev–Trinajstić information content (AvgIpc) is 3.18. The Morgan fingerprint density at radius 2 is 2.11 bits per heavy atom. The Kier molecular flexibility index (Phi) is 2.38. The Balaban J connectivity index is 2.01. The SMILES string of the molecule is CC(C1CC1)N1C(=O)c2cc([N+](=O)[O-])cnc2C1=O. The van der Waals surface area contributed by atoms with Crippen LogP contribution < -0.4 is 0 Å². The number of carbonyl (C=O) groups excluding carboxylic acids is 2. The van der Waals surface area contributed by atoms with E-state index in [2.05, 4.69) is 4.98 Å². The second kappa shape index (κ2) is 3.84. The van der Waals surface area contributed by atoms with Crippen LogP contribution in [0, 0.1) is 16.0 Å². The molecule has 1 atom stereocenters.